The lowest BCUT2D eigenvalue weighted by molar-refractivity contribution is -0.121. The normalized spacial score (nSPS) is 12.2. The van der Waals surface area contributed by atoms with E-state index in [4.69, 9.17) is 0 Å². The Morgan fingerprint density at radius 3 is 2.57 bits per heavy atom. The minimum absolute atomic E-state index is 0.0248. The SMILES string of the molecule is CCCC(=O)N[C@@H](C)c1cnn(-c2ccc(C)cc2)c1C. The van der Waals surface area contributed by atoms with Crippen molar-refractivity contribution in [1.29, 1.82) is 0 Å². The number of carbonyl (C=O) groups excluding carboxylic acids is 1. The van der Waals surface area contributed by atoms with E-state index in [1.54, 1.807) is 0 Å². The monoisotopic (exact) mass is 285 g/mol. The van der Waals surface area contributed by atoms with Gasteiger partial charge in [-0.1, -0.05) is 24.6 Å². The van der Waals surface area contributed by atoms with Crippen molar-refractivity contribution in [1.82, 2.24) is 15.1 Å². The Hall–Kier alpha value is -2.10. The van der Waals surface area contributed by atoms with Crippen LogP contribution in [0.25, 0.3) is 5.69 Å². The summed E-state index contributed by atoms with van der Waals surface area (Å²) in [6, 6.07) is 8.23. The Bertz CT molecular complexity index is 613. The maximum Gasteiger partial charge on any atom is 0.220 e. The summed E-state index contributed by atoms with van der Waals surface area (Å²) in [5.74, 6) is 0.0903. The van der Waals surface area contributed by atoms with E-state index >= 15 is 0 Å². The van der Waals surface area contributed by atoms with Gasteiger partial charge in [-0.3, -0.25) is 4.79 Å². The predicted molar refractivity (Wildman–Crippen MR) is 84.5 cm³/mol. The van der Waals surface area contributed by atoms with Crippen molar-refractivity contribution in [2.24, 2.45) is 0 Å². The van der Waals surface area contributed by atoms with Gasteiger partial charge in [0.25, 0.3) is 0 Å². The van der Waals surface area contributed by atoms with Crippen LogP contribution in [-0.2, 0) is 4.79 Å². The summed E-state index contributed by atoms with van der Waals surface area (Å²) in [6.07, 6.45) is 3.27. The molecule has 1 aromatic carbocycles. The first-order chi connectivity index (χ1) is 10.0. The molecule has 0 unspecified atom stereocenters. The minimum Gasteiger partial charge on any atom is -0.349 e. The van der Waals surface area contributed by atoms with E-state index < -0.39 is 0 Å². The van der Waals surface area contributed by atoms with Gasteiger partial charge in [0.15, 0.2) is 0 Å². The van der Waals surface area contributed by atoms with Crippen LogP contribution in [0, 0.1) is 13.8 Å². The highest BCUT2D eigenvalue weighted by atomic mass is 16.1. The van der Waals surface area contributed by atoms with Gasteiger partial charge in [0.1, 0.15) is 0 Å². The number of rotatable bonds is 5. The van der Waals surface area contributed by atoms with Crippen LogP contribution in [0.1, 0.15) is 49.6 Å². The average molecular weight is 285 g/mol. The molecule has 1 heterocycles. The van der Waals surface area contributed by atoms with Gasteiger partial charge in [0.2, 0.25) is 5.91 Å². The highest BCUT2D eigenvalue weighted by Crippen LogP contribution is 2.20. The first kappa shape index (κ1) is 15.3. The predicted octanol–water partition coefficient (Wildman–Crippen LogP) is 3.47. The van der Waals surface area contributed by atoms with Crippen molar-refractivity contribution in [3.05, 3.63) is 47.3 Å². The van der Waals surface area contributed by atoms with Gasteiger partial charge in [-0.2, -0.15) is 5.10 Å². The zero-order valence-corrected chi connectivity index (χ0v) is 13.2. The standard InChI is InChI=1S/C17H23N3O/c1-5-6-17(21)19-13(3)16-11-18-20(14(16)4)15-9-7-12(2)8-10-15/h7-11,13H,5-6H2,1-4H3,(H,19,21)/t13-/m0/s1. The average Bonchev–Trinajstić information content (AvgIpc) is 2.82. The molecule has 0 bridgehead atoms. The molecule has 112 valence electrons. The van der Waals surface area contributed by atoms with Gasteiger partial charge in [-0.05, 0) is 39.3 Å². The third kappa shape index (κ3) is 3.51. The Balaban J connectivity index is 2.20. The van der Waals surface area contributed by atoms with Crippen LogP contribution in [0.4, 0.5) is 0 Å². The number of benzene rings is 1. The maximum absolute atomic E-state index is 11.7. The van der Waals surface area contributed by atoms with Gasteiger partial charge in [-0.25, -0.2) is 4.68 Å². The third-order valence-corrected chi connectivity index (χ3v) is 3.65. The quantitative estimate of drug-likeness (QED) is 0.914. The molecular formula is C17H23N3O. The second-order valence-corrected chi connectivity index (χ2v) is 5.47. The summed E-state index contributed by atoms with van der Waals surface area (Å²) in [6.45, 7) is 8.10. The lowest BCUT2D eigenvalue weighted by Crippen LogP contribution is -2.26. The number of aryl methyl sites for hydroxylation is 1. The lowest BCUT2D eigenvalue weighted by atomic mass is 10.1. The molecule has 0 fully saturated rings. The van der Waals surface area contributed by atoms with Gasteiger partial charge >= 0.3 is 0 Å². The number of hydrogen-bond acceptors (Lipinski definition) is 2. The first-order valence-electron chi connectivity index (χ1n) is 7.43. The Morgan fingerprint density at radius 2 is 1.95 bits per heavy atom. The highest BCUT2D eigenvalue weighted by Gasteiger charge is 2.15. The van der Waals surface area contributed by atoms with Crippen LogP contribution in [0.15, 0.2) is 30.5 Å². The van der Waals surface area contributed by atoms with E-state index in [1.807, 2.05) is 31.6 Å². The van der Waals surface area contributed by atoms with E-state index in [1.165, 1.54) is 5.56 Å². The van der Waals surface area contributed by atoms with Crippen molar-refractivity contribution >= 4 is 5.91 Å². The zero-order valence-electron chi connectivity index (χ0n) is 13.2. The van der Waals surface area contributed by atoms with Crippen LogP contribution in [0.2, 0.25) is 0 Å². The zero-order chi connectivity index (χ0) is 15.4. The fraction of sp³-hybridized carbons (Fsp3) is 0.412. The van der Waals surface area contributed by atoms with E-state index in [9.17, 15) is 4.79 Å². The van der Waals surface area contributed by atoms with Crippen LogP contribution in [0.3, 0.4) is 0 Å². The molecule has 4 nitrogen and oxygen atoms in total. The summed E-state index contributed by atoms with van der Waals surface area (Å²) in [5.41, 5.74) is 4.38. The third-order valence-electron chi connectivity index (χ3n) is 3.65. The van der Waals surface area contributed by atoms with Gasteiger partial charge < -0.3 is 5.32 Å². The number of amides is 1. The smallest absolute Gasteiger partial charge is 0.220 e. The summed E-state index contributed by atoms with van der Waals surface area (Å²) in [5, 5.41) is 7.47. The van der Waals surface area contributed by atoms with Crippen LogP contribution >= 0.6 is 0 Å². The summed E-state index contributed by atoms with van der Waals surface area (Å²) in [4.78, 5) is 11.7. The lowest BCUT2D eigenvalue weighted by Gasteiger charge is -2.14. The molecule has 0 spiro atoms. The van der Waals surface area contributed by atoms with Crippen LogP contribution in [-0.4, -0.2) is 15.7 Å². The summed E-state index contributed by atoms with van der Waals surface area (Å²) in [7, 11) is 0. The molecule has 2 rings (SSSR count). The molecule has 1 N–H and O–H groups in total. The fourth-order valence-corrected chi connectivity index (χ4v) is 2.41. The van der Waals surface area contributed by atoms with E-state index in [2.05, 4.69) is 41.6 Å². The summed E-state index contributed by atoms with van der Waals surface area (Å²) >= 11 is 0. The van der Waals surface area contributed by atoms with Crippen molar-refractivity contribution in [2.45, 2.75) is 46.6 Å². The Labute approximate surface area is 126 Å². The molecule has 0 saturated carbocycles. The van der Waals surface area contributed by atoms with Crippen molar-refractivity contribution < 1.29 is 4.79 Å². The van der Waals surface area contributed by atoms with Gasteiger partial charge in [0, 0.05) is 17.7 Å². The van der Waals surface area contributed by atoms with E-state index in [-0.39, 0.29) is 11.9 Å². The van der Waals surface area contributed by atoms with Crippen LogP contribution < -0.4 is 5.32 Å². The molecule has 0 aliphatic heterocycles. The minimum atomic E-state index is -0.0248. The number of aromatic nitrogens is 2. The number of carbonyl (C=O) groups is 1. The van der Waals surface area contributed by atoms with Gasteiger partial charge in [-0.15, -0.1) is 0 Å². The van der Waals surface area contributed by atoms with Crippen molar-refractivity contribution in [2.75, 3.05) is 0 Å². The van der Waals surface area contributed by atoms with E-state index in [0.29, 0.717) is 6.42 Å². The Kier molecular flexibility index (Phi) is 4.78. The largest absolute Gasteiger partial charge is 0.349 e. The molecule has 1 aromatic heterocycles. The molecule has 0 aliphatic carbocycles. The van der Waals surface area contributed by atoms with Crippen LogP contribution in [0.5, 0.6) is 0 Å². The van der Waals surface area contributed by atoms with E-state index in [0.717, 1.165) is 23.4 Å². The molecule has 0 aliphatic rings. The molecule has 1 amide bonds. The second kappa shape index (κ2) is 6.57. The van der Waals surface area contributed by atoms with Crippen molar-refractivity contribution in [3.8, 4) is 5.69 Å². The fourth-order valence-electron chi connectivity index (χ4n) is 2.41. The molecule has 1 atom stereocenters. The summed E-state index contributed by atoms with van der Waals surface area (Å²) < 4.78 is 1.91. The number of nitrogens with one attached hydrogen (secondary N) is 1. The number of hydrogen-bond donors (Lipinski definition) is 1. The highest BCUT2D eigenvalue weighted by molar-refractivity contribution is 5.76. The number of nitrogens with zero attached hydrogens (tertiary/aromatic N) is 2. The molecular weight excluding hydrogens is 262 g/mol. The Morgan fingerprint density at radius 1 is 1.29 bits per heavy atom. The maximum atomic E-state index is 11.7. The molecule has 0 radical (unpaired) electrons. The van der Waals surface area contributed by atoms with Crippen molar-refractivity contribution in [3.63, 3.8) is 0 Å². The first-order valence-corrected chi connectivity index (χ1v) is 7.43. The van der Waals surface area contributed by atoms with Gasteiger partial charge in [0.05, 0.1) is 17.9 Å². The second-order valence-electron chi connectivity index (χ2n) is 5.47. The molecule has 21 heavy (non-hydrogen) atoms. The molecule has 2 aromatic rings. The molecule has 0 saturated heterocycles. The topological polar surface area (TPSA) is 46.9 Å². The molecule has 4 heteroatoms.